The molecule has 1 aliphatic heterocycles. The maximum absolute atomic E-state index is 13.3. The predicted octanol–water partition coefficient (Wildman–Crippen LogP) is 5.18. The fourth-order valence-electron chi connectivity index (χ4n) is 3.83. The number of ether oxygens (including phenoxy) is 1. The minimum absolute atomic E-state index is 0.111. The van der Waals surface area contributed by atoms with Gasteiger partial charge in [0.05, 0.1) is 18.8 Å². The van der Waals surface area contributed by atoms with E-state index in [1.54, 1.807) is 7.11 Å². The van der Waals surface area contributed by atoms with E-state index in [1.165, 1.54) is 16.7 Å². The van der Waals surface area contributed by atoms with Crippen molar-refractivity contribution < 1.29 is 9.53 Å². The molecule has 0 bridgehead atoms. The minimum atomic E-state index is -0.121. The van der Waals surface area contributed by atoms with E-state index in [9.17, 15) is 4.79 Å². The second kappa shape index (κ2) is 7.77. The van der Waals surface area contributed by atoms with Crippen LogP contribution in [0.5, 0.6) is 5.75 Å². The number of carbonyl (C=O) groups is 1. The maximum atomic E-state index is 13.3. The third kappa shape index (κ3) is 3.46. The van der Waals surface area contributed by atoms with E-state index in [0.717, 1.165) is 12.0 Å². The number of methoxy groups -OCH3 is 1. The van der Waals surface area contributed by atoms with Crippen molar-refractivity contribution in [3.63, 3.8) is 0 Å². The third-order valence-corrected chi connectivity index (χ3v) is 5.29. The topological polar surface area (TPSA) is 41.6 Å². The maximum Gasteiger partial charge on any atom is 0.322 e. The molecular formula is C24H24N2O2. The van der Waals surface area contributed by atoms with Gasteiger partial charge in [0.25, 0.3) is 0 Å². The Morgan fingerprint density at radius 3 is 2.50 bits per heavy atom. The second-order valence-corrected chi connectivity index (χ2v) is 7.09. The van der Waals surface area contributed by atoms with Crippen molar-refractivity contribution in [2.75, 3.05) is 19.0 Å². The van der Waals surface area contributed by atoms with Crippen LogP contribution in [0, 0.1) is 6.92 Å². The molecule has 1 atom stereocenters. The minimum Gasteiger partial charge on any atom is -0.495 e. The summed E-state index contributed by atoms with van der Waals surface area (Å²) in [5, 5.41) is 3.04. The Kier molecular flexibility index (Phi) is 5.02. The number of hydrogen-bond donors (Lipinski definition) is 1. The second-order valence-electron chi connectivity index (χ2n) is 7.09. The fraction of sp³-hybridized carbons (Fsp3) is 0.208. The highest BCUT2D eigenvalue weighted by molar-refractivity contribution is 5.91. The van der Waals surface area contributed by atoms with Gasteiger partial charge in [-0.25, -0.2) is 4.79 Å². The van der Waals surface area contributed by atoms with Crippen molar-refractivity contribution >= 4 is 11.7 Å². The molecule has 3 aromatic carbocycles. The number of nitrogens with one attached hydrogen (secondary N) is 1. The Balaban J connectivity index is 1.70. The van der Waals surface area contributed by atoms with E-state index >= 15 is 0 Å². The Labute approximate surface area is 165 Å². The summed E-state index contributed by atoms with van der Waals surface area (Å²) in [6.45, 7) is 2.74. The van der Waals surface area contributed by atoms with E-state index in [4.69, 9.17) is 4.74 Å². The van der Waals surface area contributed by atoms with Crippen LogP contribution in [-0.4, -0.2) is 24.6 Å². The molecule has 4 heteroatoms. The van der Waals surface area contributed by atoms with Crippen molar-refractivity contribution in [2.24, 2.45) is 0 Å². The molecule has 2 amide bonds. The average molecular weight is 372 g/mol. The van der Waals surface area contributed by atoms with E-state index < -0.39 is 0 Å². The molecule has 0 aromatic heterocycles. The van der Waals surface area contributed by atoms with Crippen LogP contribution in [0.1, 0.15) is 28.3 Å². The van der Waals surface area contributed by atoms with Crippen LogP contribution in [0.2, 0.25) is 0 Å². The van der Waals surface area contributed by atoms with Crippen LogP contribution in [0.4, 0.5) is 10.5 Å². The van der Waals surface area contributed by atoms with E-state index in [-0.39, 0.29) is 12.1 Å². The van der Waals surface area contributed by atoms with Gasteiger partial charge in [0.15, 0.2) is 0 Å². The summed E-state index contributed by atoms with van der Waals surface area (Å²) in [6.07, 6.45) is 0.845. The van der Waals surface area contributed by atoms with Gasteiger partial charge >= 0.3 is 6.03 Å². The molecule has 1 unspecified atom stereocenters. The number of aryl methyl sites for hydroxylation is 1. The predicted molar refractivity (Wildman–Crippen MR) is 112 cm³/mol. The molecule has 142 valence electrons. The zero-order valence-electron chi connectivity index (χ0n) is 16.2. The van der Waals surface area contributed by atoms with Crippen LogP contribution in [0.3, 0.4) is 0 Å². The summed E-state index contributed by atoms with van der Waals surface area (Å²) in [4.78, 5) is 15.2. The van der Waals surface area contributed by atoms with Gasteiger partial charge in [-0.1, -0.05) is 66.2 Å². The summed E-state index contributed by atoms with van der Waals surface area (Å²) < 4.78 is 5.38. The smallest absolute Gasteiger partial charge is 0.322 e. The summed E-state index contributed by atoms with van der Waals surface area (Å²) in [7, 11) is 1.61. The van der Waals surface area contributed by atoms with E-state index in [2.05, 4.69) is 54.7 Å². The monoisotopic (exact) mass is 372 g/mol. The van der Waals surface area contributed by atoms with Gasteiger partial charge in [-0.15, -0.1) is 0 Å². The van der Waals surface area contributed by atoms with Crippen LogP contribution >= 0.6 is 0 Å². The van der Waals surface area contributed by atoms with E-state index in [1.807, 2.05) is 35.2 Å². The molecule has 1 heterocycles. The molecular weight excluding hydrogens is 348 g/mol. The Morgan fingerprint density at radius 2 is 1.71 bits per heavy atom. The molecule has 3 aromatic rings. The molecule has 1 N–H and O–H groups in total. The zero-order chi connectivity index (χ0) is 19.5. The van der Waals surface area contributed by atoms with Gasteiger partial charge in [-0.2, -0.15) is 0 Å². The number of amides is 2. The number of rotatable bonds is 3. The van der Waals surface area contributed by atoms with Crippen LogP contribution in [0.25, 0.3) is 0 Å². The molecule has 4 nitrogen and oxygen atoms in total. The number of para-hydroxylation sites is 2. The number of hydrogen-bond acceptors (Lipinski definition) is 2. The Morgan fingerprint density at radius 1 is 1.00 bits per heavy atom. The summed E-state index contributed by atoms with van der Waals surface area (Å²) in [5.74, 6) is 0.653. The normalized spacial score (nSPS) is 15.6. The van der Waals surface area contributed by atoms with Gasteiger partial charge in [-0.05, 0) is 42.2 Å². The van der Waals surface area contributed by atoms with Crippen molar-refractivity contribution in [3.8, 4) is 5.75 Å². The Bertz CT molecular complexity index is 982. The first-order valence-electron chi connectivity index (χ1n) is 9.52. The largest absolute Gasteiger partial charge is 0.495 e. The highest BCUT2D eigenvalue weighted by atomic mass is 16.5. The van der Waals surface area contributed by atoms with Crippen LogP contribution in [0.15, 0.2) is 72.8 Å². The molecule has 0 saturated carbocycles. The number of nitrogens with zero attached hydrogens (tertiary/aromatic N) is 1. The van der Waals surface area contributed by atoms with Crippen molar-refractivity contribution in [2.45, 2.75) is 19.4 Å². The van der Waals surface area contributed by atoms with Gasteiger partial charge in [0.2, 0.25) is 0 Å². The SMILES string of the molecule is COc1ccccc1NC(=O)N1CCc2ccccc2C1c1ccc(C)cc1. The first-order valence-corrected chi connectivity index (χ1v) is 9.52. The number of fused-ring (bicyclic) bond motifs is 1. The molecule has 0 radical (unpaired) electrons. The number of urea groups is 1. The third-order valence-electron chi connectivity index (χ3n) is 5.29. The lowest BCUT2D eigenvalue weighted by Crippen LogP contribution is -2.43. The van der Waals surface area contributed by atoms with Gasteiger partial charge in [0.1, 0.15) is 5.75 Å². The van der Waals surface area contributed by atoms with Gasteiger partial charge in [-0.3, -0.25) is 0 Å². The number of carbonyl (C=O) groups excluding carboxylic acids is 1. The molecule has 0 fully saturated rings. The van der Waals surface area contributed by atoms with Crippen LogP contribution < -0.4 is 10.1 Å². The quantitative estimate of drug-likeness (QED) is 0.688. The molecule has 0 aliphatic carbocycles. The summed E-state index contributed by atoms with van der Waals surface area (Å²) >= 11 is 0. The van der Waals surface area contributed by atoms with Crippen molar-refractivity contribution in [3.05, 3.63) is 95.1 Å². The standard InChI is InChI=1S/C24H24N2O2/c1-17-11-13-19(14-12-17)23-20-8-4-3-7-18(20)15-16-26(23)24(27)25-21-9-5-6-10-22(21)28-2/h3-14,23H,15-16H2,1-2H3,(H,25,27). The van der Waals surface area contributed by atoms with E-state index in [0.29, 0.717) is 18.0 Å². The fourth-order valence-corrected chi connectivity index (χ4v) is 3.83. The lowest BCUT2D eigenvalue weighted by molar-refractivity contribution is 0.194. The highest BCUT2D eigenvalue weighted by Crippen LogP contribution is 2.36. The van der Waals surface area contributed by atoms with Crippen LogP contribution in [-0.2, 0) is 6.42 Å². The molecule has 0 saturated heterocycles. The molecule has 28 heavy (non-hydrogen) atoms. The van der Waals surface area contributed by atoms with Gasteiger partial charge < -0.3 is 15.0 Å². The number of benzene rings is 3. The van der Waals surface area contributed by atoms with Gasteiger partial charge in [0, 0.05) is 6.54 Å². The molecule has 0 spiro atoms. The lowest BCUT2D eigenvalue weighted by atomic mass is 9.88. The lowest BCUT2D eigenvalue weighted by Gasteiger charge is -2.37. The van der Waals surface area contributed by atoms with Crippen molar-refractivity contribution in [1.82, 2.24) is 4.90 Å². The first-order chi connectivity index (χ1) is 13.7. The molecule has 4 rings (SSSR count). The van der Waals surface area contributed by atoms with Crippen molar-refractivity contribution in [1.29, 1.82) is 0 Å². The zero-order valence-corrected chi connectivity index (χ0v) is 16.2. The molecule has 1 aliphatic rings. The first kappa shape index (κ1) is 18.1. The summed E-state index contributed by atoms with van der Waals surface area (Å²) in [6, 6.07) is 24.1. The summed E-state index contributed by atoms with van der Waals surface area (Å²) in [5.41, 5.74) is 5.49. The average Bonchev–Trinajstić information content (AvgIpc) is 2.74. The Hall–Kier alpha value is -3.27. The highest BCUT2D eigenvalue weighted by Gasteiger charge is 2.32. The number of anilines is 1.